The first kappa shape index (κ1) is 46.4. The largest absolute Gasteiger partial charge is 0.472 e. The van der Waals surface area contributed by atoms with E-state index in [9.17, 15) is 24.5 Å². The highest BCUT2D eigenvalue weighted by molar-refractivity contribution is 7.47. The molecule has 4 unspecified atom stereocenters. The summed E-state index contributed by atoms with van der Waals surface area (Å²) in [5.41, 5.74) is 5.32. The maximum Gasteiger partial charge on any atom is 0.472 e. The summed E-state index contributed by atoms with van der Waals surface area (Å²) in [6, 6.07) is -0.996. The predicted molar refractivity (Wildman–Crippen MR) is 200 cm³/mol. The number of phosphoric ester groups is 1. The molecule has 0 radical (unpaired) electrons. The Morgan fingerprint density at radius 2 is 1.31 bits per heavy atom. The fraction of sp³-hybridized carbons (Fsp3) is 0.763. The highest BCUT2D eigenvalue weighted by atomic mass is 31.2. The lowest BCUT2D eigenvalue weighted by molar-refractivity contribution is -0.124. The summed E-state index contributed by atoms with van der Waals surface area (Å²) in [6.07, 6.45) is 36.6. The zero-order chi connectivity index (χ0) is 35.6. The minimum absolute atomic E-state index is 0.0426. The second kappa shape index (κ2) is 33.9. The number of unbranched alkanes of at least 4 members (excludes halogenated alkanes) is 14. The van der Waals surface area contributed by atoms with Crippen molar-refractivity contribution in [3.05, 3.63) is 48.6 Å². The molecule has 0 rings (SSSR count). The van der Waals surface area contributed by atoms with Gasteiger partial charge in [0.15, 0.2) is 0 Å². The van der Waals surface area contributed by atoms with Gasteiger partial charge in [-0.05, 0) is 51.4 Å². The van der Waals surface area contributed by atoms with Crippen molar-refractivity contribution in [2.24, 2.45) is 5.73 Å². The summed E-state index contributed by atoms with van der Waals surface area (Å²) in [6.45, 7) is 3.71. The van der Waals surface area contributed by atoms with E-state index >= 15 is 0 Å². The molecule has 1 amide bonds. The van der Waals surface area contributed by atoms with Crippen LogP contribution >= 0.6 is 7.82 Å². The zero-order valence-corrected chi connectivity index (χ0v) is 31.2. The van der Waals surface area contributed by atoms with Crippen LogP contribution in [-0.2, 0) is 18.4 Å². The van der Waals surface area contributed by atoms with E-state index < -0.39 is 38.6 Å². The van der Waals surface area contributed by atoms with Crippen LogP contribution in [0.25, 0.3) is 0 Å². The molecule has 0 aliphatic rings. The van der Waals surface area contributed by atoms with Crippen LogP contribution in [0.5, 0.6) is 0 Å². The van der Waals surface area contributed by atoms with Crippen molar-refractivity contribution in [3.63, 3.8) is 0 Å². The van der Waals surface area contributed by atoms with Gasteiger partial charge in [-0.25, -0.2) is 4.57 Å². The number of carbonyl (C=O) groups is 1. The van der Waals surface area contributed by atoms with E-state index in [0.717, 1.165) is 51.4 Å². The number of hydrogen-bond acceptors (Lipinski definition) is 7. The molecule has 0 aromatic rings. The first-order valence-electron chi connectivity index (χ1n) is 18.8. The highest BCUT2D eigenvalue weighted by Gasteiger charge is 2.27. The van der Waals surface area contributed by atoms with Crippen molar-refractivity contribution in [1.82, 2.24) is 5.32 Å². The molecule has 4 atom stereocenters. The van der Waals surface area contributed by atoms with Gasteiger partial charge in [0.1, 0.15) is 0 Å². The van der Waals surface area contributed by atoms with Crippen molar-refractivity contribution in [3.8, 4) is 0 Å². The zero-order valence-electron chi connectivity index (χ0n) is 30.3. The first-order chi connectivity index (χ1) is 23.3. The Morgan fingerprint density at radius 1 is 0.750 bits per heavy atom. The Bertz CT molecular complexity index is 909. The fourth-order valence-electron chi connectivity index (χ4n) is 5.12. The average molecular weight is 699 g/mol. The molecule has 0 spiro atoms. The Balaban J connectivity index is 4.20. The second-order valence-electron chi connectivity index (χ2n) is 12.6. The molecule has 0 heterocycles. The lowest BCUT2D eigenvalue weighted by atomic mass is 10.0. The van der Waals surface area contributed by atoms with Crippen LogP contribution < -0.4 is 11.1 Å². The Morgan fingerprint density at radius 3 is 1.94 bits per heavy atom. The van der Waals surface area contributed by atoms with E-state index in [1.54, 1.807) is 6.08 Å². The Labute approximate surface area is 293 Å². The number of carbonyl (C=O) groups excluding carboxylic acids is 1. The molecular weight excluding hydrogens is 627 g/mol. The van der Waals surface area contributed by atoms with Crippen molar-refractivity contribution in [1.29, 1.82) is 0 Å². The quantitative estimate of drug-likeness (QED) is 0.0254. The number of nitrogens with one attached hydrogen (secondary N) is 1. The minimum Gasteiger partial charge on any atom is -0.393 e. The summed E-state index contributed by atoms with van der Waals surface area (Å²) < 4.78 is 21.9. The topological polar surface area (TPSA) is 151 Å². The second-order valence-corrected chi connectivity index (χ2v) is 14.0. The number of hydrogen-bond donors (Lipinski definition) is 5. The minimum atomic E-state index is -4.39. The molecule has 0 fully saturated rings. The molecule has 10 heteroatoms. The van der Waals surface area contributed by atoms with Gasteiger partial charge in [-0.2, -0.15) is 0 Å². The maximum absolute atomic E-state index is 12.7. The number of amides is 1. The molecular formula is C38H71N2O7P. The third-order valence-corrected chi connectivity index (χ3v) is 8.91. The molecule has 9 nitrogen and oxygen atoms in total. The smallest absolute Gasteiger partial charge is 0.393 e. The van der Waals surface area contributed by atoms with Crippen LogP contribution in [0.4, 0.5) is 0 Å². The Hall–Kier alpha value is -1.58. The van der Waals surface area contributed by atoms with E-state index in [2.05, 4.69) is 55.6 Å². The van der Waals surface area contributed by atoms with Gasteiger partial charge in [0.2, 0.25) is 5.91 Å². The third-order valence-electron chi connectivity index (χ3n) is 7.92. The predicted octanol–water partition coefficient (Wildman–Crippen LogP) is 8.74. The number of allylic oxidation sites excluding steroid dienone is 7. The monoisotopic (exact) mass is 698 g/mol. The average Bonchev–Trinajstić information content (AvgIpc) is 3.06. The van der Waals surface area contributed by atoms with Crippen LogP contribution in [0.2, 0.25) is 0 Å². The van der Waals surface area contributed by atoms with Crippen LogP contribution in [0.1, 0.15) is 149 Å². The van der Waals surface area contributed by atoms with Crippen molar-refractivity contribution in [2.75, 3.05) is 19.8 Å². The van der Waals surface area contributed by atoms with Crippen LogP contribution in [0.3, 0.4) is 0 Å². The van der Waals surface area contributed by atoms with Crippen molar-refractivity contribution < 1.29 is 33.5 Å². The highest BCUT2D eigenvalue weighted by Crippen LogP contribution is 2.43. The molecule has 0 aliphatic heterocycles. The molecule has 0 bridgehead atoms. The van der Waals surface area contributed by atoms with Crippen LogP contribution in [-0.4, -0.2) is 59.0 Å². The fourth-order valence-corrected chi connectivity index (χ4v) is 5.88. The molecule has 0 aromatic heterocycles. The van der Waals surface area contributed by atoms with E-state index in [-0.39, 0.29) is 19.6 Å². The van der Waals surface area contributed by atoms with Crippen LogP contribution in [0, 0.1) is 0 Å². The molecule has 280 valence electrons. The van der Waals surface area contributed by atoms with Gasteiger partial charge in [0.25, 0.3) is 0 Å². The van der Waals surface area contributed by atoms with Gasteiger partial charge in [0, 0.05) is 6.54 Å². The van der Waals surface area contributed by atoms with Crippen molar-refractivity contribution >= 4 is 13.7 Å². The molecule has 0 aliphatic carbocycles. The molecule has 0 saturated heterocycles. The standard InChI is InChI=1S/C38H71N2O7P/c1-3-5-7-9-11-12-13-14-15-16-17-18-19-20-21-22-24-25-27-29-35(41)33-38(43)40-36(34-47-48(44,45)46-32-31-39)37(42)30-28-26-23-10-8-6-4-2/h5,7-8,10-12,28,30,35-37,41-42H,3-4,6,9,13-27,29,31-34,39H2,1-2H3,(H,40,43)(H,44,45)/b7-5-,10-8+,12-11-,30-28+. The lowest BCUT2D eigenvalue weighted by Crippen LogP contribution is -2.46. The summed E-state index contributed by atoms with van der Waals surface area (Å²) in [4.78, 5) is 22.5. The van der Waals surface area contributed by atoms with Gasteiger partial charge in [0.05, 0.1) is 37.9 Å². The first-order valence-corrected chi connectivity index (χ1v) is 20.3. The number of phosphoric acid groups is 1. The van der Waals surface area contributed by atoms with E-state index in [1.807, 2.05) is 0 Å². The van der Waals surface area contributed by atoms with E-state index in [4.69, 9.17) is 14.8 Å². The Kier molecular flexibility index (Phi) is 32.8. The van der Waals surface area contributed by atoms with E-state index in [1.165, 1.54) is 70.3 Å². The number of rotatable bonds is 34. The summed E-state index contributed by atoms with van der Waals surface area (Å²) in [7, 11) is -4.39. The van der Waals surface area contributed by atoms with E-state index in [0.29, 0.717) is 12.8 Å². The molecule has 0 aromatic carbocycles. The van der Waals surface area contributed by atoms with Gasteiger partial charge < -0.3 is 26.2 Å². The summed E-state index contributed by atoms with van der Waals surface area (Å²) in [5, 5.41) is 23.8. The molecule has 6 N–H and O–H groups in total. The molecule has 48 heavy (non-hydrogen) atoms. The SMILES string of the molecule is CC/C=C\C/C=C\CCCCCCCCCCCCCCC(O)CC(=O)NC(COP(=O)(O)OCCN)C(O)/C=C/CC/C=C/CCC. The van der Waals surface area contributed by atoms with Crippen LogP contribution in [0.15, 0.2) is 48.6 Å². The van der Waals surface area contributed by atoms with Crippen molar-refractivity contribution in [2.45, 2.75) is 167 Å². The number of aliphatic hydroxyl groups is 2. The number of nitrogens with two attached hydrogens (primary N) is 1. The summed E-state index contributed by atoms with van der Waals surface area (Å²) in [5.74, 6) is -0.464. The van der Waals surface area contributed by atoms with Gasteiger partial charge in [-0.3, -0.25) is 13.8 Å². The summed E-state index contributed by atoms with van der Waals surface area (Å²) >= 11 is 0. The normalized spacial score (nSPS) is 15.5. The number of aliphatic hydroxyl groups excluding tert-OH is 2. The van der Waals surface area contributed by atoms with Gasteiger partial charge >= 0.3 is 7.82 Å². The maximum atomic E-state index is 12.7. The molecule has 0 saturated carbocycles. The van der Waals surface area contributed by atoms with Gasteiger partial charge in [-0.1, -0.05) is 140 Å². The lowest BCUT2D eigenvalue weighted by Gasteiger charge is -2.24. The van der Waals surface area contributed by atoms with Gasteiger partial charge in [-0.15, -0.1) is 0 Å². The third kappa shape index (κ3) is 31.7.